The van der Waals surface area contributed by atoms with Crippen LogP contribution in [-0.2, 0) is 9.53 Å². The van der Waals surface area contributed by atoms with E-state index in [1.165, 1.54) is 0 Å². The van der Waals surface area contributed by atoms with Crippen molar-refractivity contribution >= 4 is 17.7 Å². The molecule has 6 heteroatoms. The number of carboxylic acids is 1. The maximum Gasteiger partial charge on any atom is 0.319 e. The van der Waals surface area contributed by atoms with Crippen molar-refractivity contribution in [3.63, 3.8) is 0 Å². The molecule has 0 aromatic heterocycles. The number of carboxylic acid groups (broad SMARTS) is 1. The molecule has 0 spiro atoms. The average molecular weight is 292 g/mol. The fraction of sp³-hybridized carbons (Fsp3) is 0.467. The second kappa shape index (κ2) is 5.73. The summed E-state index contributed by atoms with van der Waals surface area (Å²) in [4.78, 5) is 23.4. The Morgan fingerprint density at radius 2 is 2.10 bits per heavy atom. The van der Waals surface area contributed by atoms with E-state index in [0.717, 1.165) is 11.1 Å². The summed E-state index contributed by atoms with van der Waals surface area (Å²) in [5, 5.41) is 14.7. The summed E-state index contributed by atoms with van der Waals surface area (Å²) < 4.78 is 5.20. The maximum atomic E-state index is 12.1. The van der Waals surface area contributed by atoms with Crippen molar-refractivity contribution in [2.24, 2.45) is 5.41 Å². The maximum absolute atomic E-state index is 12.1. The van der Waals surface area contributed by atoms with E-state index in [-0.39, 0.29) is 13.2 Å². The zero-order valence-electron chi connectivity index (χ0n) is 12.4. The highest BCUT2D eigenvalue weighted by Crippen LogP contribution is 2.28. The van der Waals surface area contributed by atoms with Crippen LogP contribution in [0.5, 0.6) is 0 Å². The molecule has 1 aliphatic rings. The minimum Gasteiger partial charge on any atom is -0.481 e. The molecule has 1 fully saturated rings. The van der Waals surface area contributed by atoms with E-state index in [1.54, 1.807) is 6.92 Å². The Balaban J connectivity index is 2.05. The van der Waals surface area contributed by atoms with Crippen molar-refractivity contribution < 1.29 is 19.4 Å². The Labute approximate surface area is 123 Å². The topological polar surface area (TPSA) is 87.7 Å². The van der Waals surface area contributed by atoms with Crippen LogP contribution in [0.15, 0.2) is 18.2 Å². The summed E-state index contributed by atoms with van der Waals surface area (Å²) >= 11 is 0. The molecule has 0 bridgehead atoms. The number of ether oxygens (including phenoxy) is 1. The first-order valence-electron chi connectivity index (χ1n) is 6.79. The van der Waals surface area contributed by atoms with Crippen LogP contribution in [0.2, 0.25) is 0 Å². The number of amides is 2. The molecule has 2 rings (SSSR count). The third kappa shape index (κ3) is 3.00. The van der Waals surface area contributed by atoms with E-state index in [9.17, 15) is 14.7 Å². The number of aliphatic carboxylic acids is 1. The molecule has 0 saturated carbocycles. The number of hydrogen-bond acceptors (Lipinski definition) is 3. The number of carbonyl (C=O) groups is 2. The van der Waals surface area contributed by atoms with Crippen LogP contribution in [0.1, 0.15) is 18.1 Å². The SMILES string of the molecule is Cc1cccc(NC(=O)NC2COCC2(C)C(=O)O)c1C. The third-order valence-corrected chi connectivity index (χ3v) is 4.10. The first-order valence-corrected chi connectivity index (χ1v) is 6.79. The summed E-state index contributed by atoms with van der Waals surface area (Å²) in [7, 11) is 0. The Bertz CT molecular complexity index is 573. The lowest BCUT2D eigenvalue weighted by atomic mass is 9.85. The highest BCUT2D eigenvalue weighted by atomic mass is 16.5. The Morgan fingerprint density at radius 1 is 1.38 bits per heavy atom. The minimum atomic E-state index is -1.10. The van der Waals surface area contributed by atoms with Gasteiger partial charge in [-0.25, -0.2) is 4.79 Å². The van der Waals surface area contributed by atoms with Gasteiger partial charge in [0.15, 0.2) is 0 Å². The number of rotatable bonds is 3. The summed E-state index contributed by atoms with van der Waals surface area (Å²) in [6.45, 7) is 5.75. The molecule has 1 aromatic rings. The molecule has 3 N–H and O–H groups in total. The van der Waals surface area contributed by atoms with Crippen molar-refractivity contribution in [1.29, 1.82) is 0 Å². The van der Waals surface area contributed by atoms with Gasteiger partial charge in [-0.2, -0.15) is 0 Å². The average Bonchev–Trinajstić information content (AvgIpc) is 2.78. The predicted molar refractivity (Wildman–Crippen MR) is 78.4 cm³/mol. The summed E-state index contributed by atoms with van der Waals surface area (Å²) in [6.07, 6.45) is 0. The van der Waals surface area contributed by atoms with Gasteiger partial charge in [0.2, 0.25) is 0 Å². The number of nitrogens with one attached hydrogen (secondary N) is 2. The molecule has 2 unspecified atom stereocenters. The molecular weight excluding hydrogens is 272 g/mol. The van der Waals surface area contributed by atoms with Crippen LogP contribution in [-0.4, -0.2) is 36.4 Å². The van der Waals surface area contributed by atoms with Crippen LogP contribution in [0.4, 0.5) is 10.5 Å². The molecular formula is C15H20N2O4. The smallest absolute Gasteiger partial charge is 0.319 e. The lowest BCUT2D eigenvalue weighted by molar-refractivity contribution is -0.148. The number of benzene rings is 1. The number of hydrogen-bond donors (Lipinski definition) is 3. The molecule has 0 radical (unpaired) electrons. The van der Waals surface area contributed by atoms with E-state index in [2.05, 4.69) is 10.6 Å². The molecule has 1 aliphatic heterocycles. The van der Waals surface area contributed by atoms with Gasteiger partial charge in [-0.3, -0.25) is 4.79 Å². The van der Waals surface area contributed by atoms with Crippen LogP contribution in [0.25, 0.3) is 0 Å². The van der Waals surface area contributed by atoms with Gasteiger partial charge in [-0.1, -0.05) is 12.1 Å². The molecule has 0 aliphatic carbocycles. The Morgan fingerprint density at radius 3 is 2.76 bits per heavy atom. The zero-order valence-corrected chi connectivity index (χ0v) is 12.4. The molecule has 1 aromatic carbocycles. The summed E-state index contributed by atoms with van der Waals surface area (Å²) in [6, 6.07) is 4.65. The second-order valence-electron chi connectivity index (χ2n) is 5.64. The lowest BCUT2D eigenvalue weighted by Crippen LogP contribution is -2.50. The lowest BCUT2D eigenvalue weighted by Gasteiger charge is -2.25. The van der Waals surface area contributed by atoms with Crippen LogP contribution >= 0.6 is 0 Å². The first-order chi connectivity index (χ1) is 9.84. The zero-order chi connectivity index (χ0) is 15.6. The van der Waals surface area contributed by atoms with Gasteiger partial charge >= 0.3 is 12.0 Å². The predicted octanol–water partition coefficient (Wildman–Crippen LogP) is 1.91. The van der Waals surface area contributed by atoms with E-state index in [4.69, 9.17) is 4.74 Å². The largest absolute Gasteiger partial charge is 0.481 e. The van der Waals surface area contributed by atoms with Crippen molar-refractivity contribution in [3.05, 3.63) is 29.3 Å². The Hall–Kier alpha value is -2.08. The van der Waals surface area contributed by atoms with Crippen molar-refractivity contribution in [2.45, 2.75) is 26.8 Å². The number of aryl methyl sites for hydroxylation is 1. The van der Waals surface area contributed by atoms with Crippen LogP contribution in [0, 0.1) is 19.3 Å². The van der Waals surface area contributed by atoms with Crippen molar-refractivity contribution in [3.8, 4) is 0 Å². The van der Waals surface area contributed by atoms with Gasteiger partial charge in [0, 0.05) is 5.69 Å². The number of anilines is 1. The van der Waals surface area contributed by atoms with E-state index in [1.807, 2.05) is 32.0 Å². The molecule has 2 atom stereocenters. The second-order valence-corrected chi connectivity index (χ2v) is 5.64. The first kappa shape index (κ1) is 15.3. The van der Waals surface area contributed by atoms with Crippen LogP contribution < -0.4 is 10.6 Å². The fourth-order valence-corrected chi connectivity index (χ4v) is 2.29. The van der Waals surface area contributed by atoms with Gasteiger partial charge in [-0.15, -0.1) is 0 Å². The van der Waals surface area contributed by atoms with Gasteiger partial charge < -0.3 is 20.5 Å². The number of carbonyl (C=O) groups excluding carboxylic acids is 1. The van der Waals surface area contributed by atoms with Gasteiger partial charge in [0.25, 0.3) is 0 Å². The highest BCUT2D eigenvalue weighted by molar-refractivity contribution is 5.91. The van der Waals surface area contributed by atoms with Crippen molar-refractivity contribution in [2.75, 3.05) is 18.5 Å². The quantitative estimate of drug-likeness (QED) is 0.794. The van der Waals surface area contributed by atoms with Crippen LogP contribution in [0.3, 0.4) is 0 Å². The minimum absolute atomic E-state index is 0.0940. The molecule has 1 saturated heterocycles. The Kier molecular flexibility index (Phi) is 4.18. The van der Waals surface area contributed by atoms with E-state index < -0.39 is 23.5 Å². The standard InChI is InChI=1S/C15H20N2O4/c1-9-5-4-6-11(10(9)2)16-14(20)17-12-7-21-8-15(12,3)13(18)19/h4-6,12H,7-8H2,1-3H3,(H,18,19)(H2,16,17,20). The summed E-state index contributed by atoms with van der Waals surface area (Å²) in [5.41, 5.74) is 1.67. The van der Waals surface area contributed by atoms with Crippen molar-refractivity contribution in [1.82, 2.24) is 5.32 Å². The molecule has 6 nitrogen and oxygen atoms in total. The van der Waals surface area contributed by atoms with E-state index >= 15 is 0 Å². The molecule has 2 amide bonds. The third-order valence-electron chi connectivity index (χ3n) is 4.10. The normalized spacial score (nSPS) is 24.6. The molecule has 21 heavy (non-hydrogen) atoms. The summed E-state index contributed by atoms with van der Waals surface area (Å²) in [5.74, 6) is -0.975. The fourth-order valence-electron chi connectivity index (χ4n) is 2.29. The monoisotopic (exact) mass is 292 g/mol. The van der Waals surface area contributed by atoms with Gasteiger partial charge in [0.05, 0.1) is 19.3 Å². The van der Waals surface area contributed by atoms with Gasteiger partial charge in [0.1, 0.15) is 5.41 Å². The van der Waals surface area contributed by atoms with Gasteiger partial charge in [-0.05, 0) is 38.0 Å². The molecule has 1 heterocycles. The highest BCUT2D eigenvalue weighted by Gasteiger charge is 2.47. The van der Waals surface area contributed by atoms with E-state index in [0.29, 0.717) is 5.69 Å². The molecule has 114 valence electrons. The number of urea groups is 1.